The summed E-state index contributed by atoms with van der Waals surface area (Å²) < 4.78 is 6.47. The molecule has 9 rings (SSSR count). The molecule has 2 aliphatic rings. The summed E-state index contributed by atoms with van der Waals surface area (Å²) in [5.74, 6) is 2.75. The van der Waals surface area contributed by atoms with E-state index in [1.165, 1.54) is 65.5 Å². The number of benzene rings is 6. The second kappa shape index (κ2) is 11.4. The third-order valence-electron chi connectivity index (χ3n) is 10.2. The number of fused-ring (bicyclic) bond motifs is 5. The molecule has 0 atom stereocenters. The van der Waals surface area contributed by atoms with Gasteiger partial charge in [0.1, 0.15) is 11.5 Å². The molecule has 1 aromatic heterocycles. The molecule has 0 radical (unpaired) electrons. The Morgan fingerprint density at radius 3 is 1.85 bits per heavy atom. The minimum atomic E-state index is 0.0208. The van der Waals surface area contributed by atoms with Crippen molar-refractivity contribution in [2.24, 2.45) is 0 Å². The van der Waals surface area contributed by atoms with Gasteiger partial charge < -0.3 is 4.74 Å². The molecule has 1 fully saturated rings. The van der Waals surface area contributed by atoms with Crippen molar-refractivity contribution in [2.45, 2.75) is 37.5 Å². The standard InChI is InChI=1S/C44H34N2O/c1-3-11-30(12-4-1)31-17-21-33(22-18-31)42-36-13-5-7-15-39(36)45-43(46-42)34-23-19-32(20-24-34)35-25-26-41-38(29-35)44(27-9-2-10-28-44)37-14-6-8-16-40(37)47-41/h1,3-8,11-26,29H,2,9-10,27-28H2. The zero-order chi connectivity index (χ0) is 31.2. The molecule has 226 valence electrons. The summed E-state index contributed by atoms with van der Waals surface area (Å²) >= 11 is 0. The van der Waals surface area contributed by atoms with E-state index >= 15 is 0 Å². The summed E-state index contributed by atoms with van der Waals surface area (Å²) in [4.78, 5) is 10.2. The van der Waals surface area contributed by atoms with E-state index in [9.17, 15) is 0 Å². The second-order valence-electron chi connectivity index (χ2n) is 12.9. The summed E-state index contributed by atoms with van der Waals surface area (Å²) in [6.45, 7) is 0. The molecule has 1 aliphatic heterocycles. The third kappa shape index (κ3) is 4.82. The maximum absolute atomic E-state index is 6.47. The second-order valence-corrected chi connectivity index (χ2v) is 12.9. The predicted molar refractivity (Wildman–Crippen MR) is 192 cm³/mol. The number of para-hydroxylation sites is 2. The van der Waals surface area contributed by atoms with Crippen LogP contribution in [-0.2, 0) is 5.41 Å². The van der Waals surface area contributed by atoms with Crippen LogP contribution in [0.5, 0.6) is 11.5 Å². The van der Waals surface area contributed by atoms with Gasteiger partial charge in [0.15, 0.2) is 5.82 Å². The van der Waals surface area contributed by atoms with Gasteiger partial charge in [0.2, 0.25) is 0 Å². The van der Waals surface area contributed by atoms with Crippen LogP contribution in [0.2, 0.25) is 0 Å². The van der Waals surface area contributed by atoms with Crippen molar-refractivity contribution in [3.05, 3.63) is 157 Å². The lowest BCUT2D eigenvalue weighted by atomic mass is 9.63. The van der Waals surface area contributed by atoms with Crippen molar-refractivity contribution in [1.29, 1.82) is 0 Å². The Morgan fingerprint density at radius 2 is 1.04 bits per heavy atom. The first-order chi connectivity index (χ1) is 23.2. The summed E-state index contributed by atoms with van der Waals surface area (Å²) in [5, 5.41) is 1.05. The van der Waals surface area contributed by atoms with Crippen molar-refractivity contribution >= 4 is 10.9 Å². The smallest absolute Gasteiger partial charge is 0.160 e. The molecule has 1 spiro atoms. The number of aromatic nitrogens is 2. The number of nitrogens with zero attached hydrogens (tertiary/aromatic N) is 2. The third-order valence-corrected chi connectivity index (χ3v) is 10.2. The van der Waals surface area contributed by atoms with E-state index in [0.29, 0.717) is 0 Å². The topological polar surface area (TPSA) is 35.0 Å². The van der Waals surface area contributed by atoms with Gasteiger partial charge in [0.25, 0.3) is 0 Å². The first-order valence-corrected chi connectivity index (χ1v) is 16.7. The highest BCUT2D eigenvalue weighted by atomic mass is 16.5. The lowest BCUT2D eigenvalue weighted by molar-refractivity contribution is 0.306. The van der Waals surface area contributed by atoms with Crippen molar-refractivity contribution in [1.82, 2.24) is 9.97 Å². The van der Waals surface area contributed by atoms with Gasteiger partial charge in [-0.25, -0.2) is 9.97 Å². The predicted octanol–water partition coefficient (Wildman–Crippen LogP) is 11.7. The van der Waals surface area contributed by atoms with Gasteiger partial charge in [-0.3, -0.25) is 0 Å². The largest absolute Gasteiger partial charge is 0.457 e. The fourth-order valence-corrected chi connectivity index (χ4v) is 7.77. The van der Waals surface area contributed by atoms with Gasteiger partial charge in [0, 0.05) is 33.1 Å². The van der Waals surface area contributed by atoms with Crippen LogP contribution in [0.3, 0.4) is 0 Å². The molecule has 47 heavy (non-hydrogen) atoms. The van der Waals surface area contributed by atoms with Crippen LogP contribution >= 0.6 is 0 Å². The van der Waals surface area contributed by atoms with Gasteiger partial charge in [-0.05, 0) is 59.4 Å². The van der Waals surface area contributed by atoms with E-state index in [1.807, 2.05) is 12.1 Å². The maximum atomic E-state index is 6.47. The van der Waals surface area contributed by atoms with Gasteiger partial charge in [-0.2, -0.15) is 0 Å². The monoisotopic (exact) mass is 606 g/mol. The average molecular weight is 607 g/mol. The fraction of sp³-hybridized carbons (Fsp3) is 0.136. The van der Waals surface area contributed by atoms with Crippen molar-refractivity contribution < 1.29 is 4.74 Å². The quantitative estimate of drug-likeness (QED) is 0.200. The molecule has 6 aromatic carbocycles. The Balaban J connectivity index is 1.07. The number of hydrogen-bond donors (Lipinski definition) is 0. The Bertz CT molecular complexity index is 2230. The number of hydrogen-bond acceptors (Lipinski definition) is 3. The fourth-order valence-electron chi connectivity index (χ4n) is 7.77. The molecular weight excluding hydrogens is 572 g/mol. The Hall–Kier alpha value is -5.54. The average Bonchev–Trinajstić information content (AvgIpc) is 3.15. The van der Waals surface area contributed by atoms with Crippen molar-refractivity contribution in [3.63, 3.8) is 0 Å². The summed E-state index contributed by atoms with van der Waals surface area (Å²) in [6.07, 6.45) is 6.13. The van der Waals surface area contributed by atoms with Crippen LogP contribution in [0, 0.1) is 0 Å². The van der Waals surface area contributed by atoms with E-state index < -0.39 is 0 Å². The van der Waals surface area contributed by atoms with Gasteiger partial charge in [0.05, 0.1) is 11.2 Å². The highest BCUT2D eigenvalue weighted by molar-refractivity contribution is 5.94. The Kier molecular flexibility index (Phi) is 6.71. The SMILES string of the molecule is c1ccc(-c2ccc(-c3nc(-c4ccc(-c5ccc6c(c5)C5(CCCCC5)c5ccccc5O6)cc4)nc4ccccc34)cc2)cc1. The minimum Gasteiger partial charge on any atom is -0.457 e. The first-order valence-electron chi connectivity index (χ1n) is 16.7. The zero-order valence-electron chi connectivity index (χ0n) is 26.2. The molecule has 2 heterocycles. The van der Waals surface area contributed by atoms with Gasteiger partial charge in [-0.15, -0.1) is 0 Å². The molecule has 0 N–H and O–H groups in total. The van der Waals surface area contributed by atoms with E-state index in [0.717, 1.165) is 45.0 Å². The van der Waals surface area contributed by atoms with Crippen molar-refractivity contribution in [2.75, 3.05) is 0 Å². The molecule has 0 saturated heterocycles. The molecule has 0 unspecified atom stereocenters. The Morgan fingerprint density at radius 1 is 0.447 bits per heavy atom. The van der Waals surface area contributed by atoms with Gasteiger partial charge in [-0.1, -0.05) is 141 Å². The molecule has 1 aliphatic carbocycles. The summed E-state index contributed by atoms with van der Waals surface area (Å²) in [5.41, 5.74) is 11.5. The molecule has 7 aromatic rings. The maximum Gasteiger partial charge on any atom is 0.160 e. The van der Waals surface area contributed by atoms with Crippen molar-refractivity contribution in [3.8, 4) is 56.4 Å². The van der Waals surface area contributed by atoms with Gasteiger partial charge >= 0.3 is 0 Å². The summed E-state index contributed by atoms with van der Waals surface area (Å²) in [6, 6.07) is 51.6. The van der Waals surface area contributed by atoms with E-state index in [1.54, 1.807) is 0 Å². The minimum absolute atomic E-state index is 0.0208. The molecule has 3 heteroatoms. The molecular formula is C44H34N2O. The molecule has 3 nitrogen and oxygen atoms in total. The Labute approximate surface area is 275 Å². The molecule has 1 saturated carbocycles. The highest BCUT2D eigenvalue weighted by Gasteiger charge is 2.42. The van der Waals surface area contributed by atoms with E-state index in [-0.39, 0.29) is 5.41 Å². The zero-order valence-corrected chi connectivity index (χ0v) is 26.2. The first kappa shape index (κ1) is 27.7. The van der Waals surface area contributed by atoms with Crippen LogP contribution in [0.25, 0.3) is 55.8 Å². The molecule has 0 bridgehead atoms. The normalized spacial score (nSPS) is 14.7. The summed E-state index contributed by atoms with van der Waals surface area (Å²) in [7, 11) is 0. The number of ether oxygens (including phenoxy) is 1. The van der Waals surface area contributed by atoms with E-state index in [2.05, 4.69) is 133 Å². The van der Waals surface area contributed by atoms with Crippen LogP contribution in [0.15, 0.2) is 146 Å². The van der Waals surface area contributed by atoms with Crippen LogP contribution in [0.1, 0.15) is 43.2 Å². The van der Waals surface area contributed by atoms with Crippen LogP contribution in [0.4, 0.5) is 0 Å². The molecule has 0 amide bonds. The van der Waals surface area contributed by atoms with Crippen LogP contribution < -0.4 is 4.74 Å². The lowest BCUT2D eigenvalue weighted by Gasteiger charge is -2.43. The lowest BCUT2D eigenvalue weighted by Crippen LogP contribution is -2.33. The number of rotatable bonds is 4. The van der Waals surface area contributed by atoms with E-state index in [4.69, 9.17) is 14.7 Å². The highest BCUT2D eigenvalue weighted by Crippen LogP contribution is 2.55. The van der Waals surface area contributed by atoms with Crippen LogP contribution in [-0.4, -0.2) is 9.97 Å².